The number of primary amides is 1. The van der Waals surface area contributed by atoms with Crippen molar-refractivity contribution in [3.05, 3.63) is 23.5 Å². The van der Waals surface area contributed by atoms with Crippen LogP contribution in [-0.4, -0.2) is 21.8 Å². The van der Waals surface area contributed by atoms with Gasteiger partial charge >= 0.3 is 0 Å². The number of aromatic nitrogens is 2. The summed E-state index contributed by atoms with van der Waals surface area (Å²) in [6.45, 7) is 3.15. The normalized spacial score (nSPS) is 10.5. The molecule has 0 bridgehead atoms. The predicted octanol–water partition coefficient (Wildman–Crippen LogP) is 0.929. The van der Waals surface area contributed by atoms with Crippen molar-refractivity contribution in [1.29, 1.82) is 0 Å². The quantitative estimate of drug-likeness (QED) is 0.717. The largest absolute Gasteiger partial charge is 0.365 e. The van der Waals surface area contributed by atoms with Crippen LogP contribution < -0.4 is 11.1 Å². The second kappa shape index (κ2) is 3.89. The number of benzene rings is 1. The molecule has 0 aliphatic heterocycles. The van der Waals surface area contributed by atoms with Gasteiger partial charge in [-0.15, -0.1) is 0 Å². The van der Waals surface area contributed by atoms with Gasteiger partial charge in [0.1, 0.15) is 11.3 Å². The number of carbonyl (C=O) groups is 2. The molecule has 0 saturated heterocycles. The summed E-state index contributed by atoms with van der Waals surface area (Å²) in [4.78, 5) is 29.7. The molecule has 0 spiro atoms. The maximum atomic E-state index is 11.4. The molecule has 88 valence electrons. The van der Waals surface area contributed by atoms with E-state index in [0.717, 1.165) is 0 Å². The Morgan fingerprint density at radius 3 is 2.71 bits per heavy atom. The topological polar surface area (TPSA) is 101 Å². The third-order valence-electron chi connectivity index (χ3n) is 2.33. The SMILES string of the molecule is CC(=O)Nc1ccc2[nH]c(C)nc2c1C(N)=O. The molecule has 2 amide bonds. The van der Waals surface area contributed by atoms with Crippen LogP contribution in [0.5, 0.6) is 0 Å². The number of aryl methyl sites for hydroxylation is 1. The van der Waals surface area contributed by atoms with E-state index >= 15 is 0 Å². The number of rotatable bonds is 2. The van der Waals surface area contributed by atoms with E-state index in [2.05, 4.69) is 15.3 Å². The van der Waals surface area contributed by atoms with E-state index in [-0.39, 0.29) is 11.5 Å². The predicted molar refractivity (Wildman–Crippen MR) is 63.7 cm³/mol. The van der Waals surface area contributed by atoms with E-state index in [9.17, 15) is 9.59 Å². The van der Waals surface area contributed by atoms with E-state index in [1.54, 1.807) is 19.1 Å². The third-order valence-corrected chi connectivity index (χ3v) is 2.33. The summed E-state index contributed by atoms with van der Waals surface area (Å²) in [5.74, 6) is -0.201. The van der Waals surface area contributed by atoms with Gasteiger partial charge in [-0.25, -0.2) is 4.98 Å². The fraction of sp³-hybridized carbons (Fsp3) is 0.182. The minimum Gasteiger partial charge on any atom is -0.365 e. The number of nitrogens with zero attached hydrogens (tertiary/aromatic N) is 1. The van der Waals surface area contributed by atoms with E-state index in [1.807, 2.05) is 0 Å². The van der Waals surface area contributed by atoms with Crippen LogP contribution in [0.15, 0.2) is 12.1 Å². The van der Waals surface area contributed by atoms with Crippen molar-refractivity contribution < 1.29 is 9.59 Å². The van der Waals surface area contributed by atoms with Crippen molar-refractivity contribution in [2.75, 3.05) is 5.32 Å². The second-order valence-corrected chi connectivity index (χ2v) is 3.75. The smallest absolute Gasteiger partial charge is 0.253 e. The van der Waals surface area contributed by atoms with E-state index in [0.29, 0.717) is 22.5 Å². The number of aromatic amines is 1. The first-order chi connectivity index (χ1) is 7.99. The van der Waals surface area contributed by atoms with Gasteiger partial charge in [-0.2, -0.15) is 0 Å². The molecule has 0 aliphatic rings. The Kier molecular flexibility index (Phi) is 2.55. The van der Waals surface area contributed by atoms with Crippen molar-refractivity contribution in [3.63, 3.8) is 0 Å². The fourth-order valence-corrected chi connectivity index (χ4v) is 1.74. The highest BCUT2D eigenvalue weighted by Crippen LogP contribution is 2.24. The first-order valence-electron chi connectivity index (χ1n) is 5.05. The molecule has 0 fully saturated rings. The molecule has 0 unspecified atom stereocenters. The van der Waals surface area contributed by atoms with Crippen molar-refractivity contribution in [2.24, 2.45) is 5.73 Å². The van der Waals surface area contributed by atoms with Crippen LogP contribution >= 0.6 is 0 Å². The lowest BCUT2D eigenvalue weighted by molar-refractivity contribution is -0.114. The van der Waals surface area contributed by atoms with Crippen LogP contribution in [0.1, 0.15) is 23.1 Å². The summed E-state index contributed by atoms with van der Waals surface area (Å²) in [6.07, 6.45) is 0. The molecular formula is C11H12N4O2. The Hall–Kier alpha value is -2.37. The first kappa shape index (κ1) is 11.1. The number of hydrogen-bond acceptors (Lipinski definition) is 3. The van der Waals surface area contributed by atoms with Gasteiger partial charge in [-0.05, 0) is 19.1 Å². The van der Waals surface area contributed by atoms with Gasteiger partial charge < -0.3 is 16.0 Å². The molecule has 0 aliphatic carbocycles. The van der Waals surface area contributed by atoms with E-state index < -0.39 is 5.91 Å². The monoisotopic (exact) mass is 232 g/mol. The average molecular weight is 232 g/mol. The van der Waals surface area contributed by atoms with Gasteiger partial charge in [0, 0.05) is 6.92 Å². The summed E-state index contributed by atoms with van der Waals surface area (Å²) in [6, 6.07) is 3.37. The Labute approximate surface area is 97.2 Å². The highest BCUT2D eigenvalue weighted by atomic mass is 16.2. The summed E-state index contributed by atoms with van der Waals surface area (Å²) in [5.41, 5.74) is 7.11. The maximum absolute atomic E-state index is 11.4. The lowest BCUT2D eigenvalue weighted by Crippen LogP contribution is -2.17. The molecule has 0 saturated carbocycles. The average Bonchev–Trinajstić information content (AvgIpc) is 2.56. The first-order valence-corrected chi connectivity index (χ1v) is 5.05. The Morgan fingerprint density at radius 2 is 2.12 bits per heavy atom. The molecular weight excluding hydrogens is 220 g/mol. The van der Waals surface area contributed by atoms with Crippen LogP contribution in [0, 0.1) is 6.92 Å². The zero-order valence-corrected chi connectivity index (χ0v) is 9.50. The number of anilines is 1. The number of H-pyrrole nitrogens is 1. The number of hydrogen-bond donors (Lipinski definition) is 3. The number of amides is 2. The number of fused-ring (bicyclic) bond motifs is 1. The Balaban J connectivity index is 2.71. The van der Waals surface area contributed by atoms with E-state index in [4.69, 9.17) is 5.73 Å². The van der Waals surface area contributed by atoms with Gasteiger partial charge in [0.2, 0.25) is 5.91 Å². The van der Waals surface area contributed by atoms with Gasteiger partial charge in [0.25, 0.3) is 5.91 Å². The Morgan fingerprint density at radius 1 is 1.41 bits per heavy atom. The second-order valence-electron chi connectivity index (χ2n) is 3.75. The van der Waals surface area contributed by atoms with Crippen LogP contribution in [0.2, 0.25) is 0 Å². The Bertz CT molecular complexity index is 615. The van der Waals surface area contributed by atoms with Crippen LogP contribution in [0.25, 0.3) is 11.0 Å². The van der Waals surface area contributed by atoms with Crippen LogP contribution in [0.3, 0.4) is 0 Å². The molecule has 1 heterocycles. The number of imidazole rings is 1. The molecule has 4 N–H and O–H groups in total. The minimum absolute atomic E-state index is 0.224. The molecule has 0 atom stereocenters. The zero-order valence-electron chi connectivity index (χ0n) is 9.50. The molecule has 2 rings (SSSR count). The molecule has 0 radical (unpaired) electrons. The molecule has 2 aromatic rings. The van der Waals surface area contributed by atoms with Crippen LogP contribution in [0.4, 0.5) is 5.69 Å². The highest BCUT2D eigenvalue weighted by Gasteiger charge is 2.16. The summed E-state index contributed by atoms with van der Waals surface area (Å²) in [7, 11) is 0. The van der Waals surface area contributed by atoms with E-state index in [1.165, 1.54) is 6.92 Å². The van der Waals surface area contributed by atoms with Crippen molar-refractivity contribution in [1.82, 2.24) is 9.97 Å². The molecule has 6 heteroatoms. The zero-order chi connectivity index (χ0) is 12.6. The van der Waals surface area contributed by atoms with Gasteiger partial charge in [-0.3, -0.25) is 9.59 Å². The van der Waals surface area contributed by atoms with Crippen LogP contribution in [-0.2, 0) is 4.79 Å². The molecule has 6 nitrogen and oxygen atoms in total. The fourth-order valence-electron chi connectivity index (χ4n) is 1.74. The molecule has 17 heavy (non-hydrogen) atoms. The molecule has 1 aromatic carbocycles. The molecule has 1 aromatic heterocycles. The van der Waals surface area contributed by atoms with Gasteiger partial charge in [0.05, 0.1) is 16.8 Å². The summed E-state index contributed by atoms with van der Waals surface area (Å²) < 4.78 is 0. The van der Waals surface area contributed by atoms with Crippen molar-refractivity contribution in [3.8, 4) is 0 Å². The van der Waals surface area contributed by atoms with Crippen molar-refractivity contribution in [2.45, 2.75) is 13.8 Å². The maximum Gasteiger partial charge on any atom is 0.253 e. The number of carbonyl (C=O) groups excluding carboxylic acids is 2. The number of nitrogens with one attached hydrogen (secondary N) is 2. The summed E-state index contributed by atoms with van der Waals surface area (Å²) in [5, 5.41) is 2.56. The van der Waals surface area contributed by atoms with Gasteiger partial charge in [-0.1, -0.05) is 0 Å². The summed E-state index contributed by atoms with van der Waals surface area (Å²) >= 11 is 0. The lowest BCUT2D eigenvalue weighted by atomic mass is 10.1. The number of nitrogens with two attached hydrogens (primary N) is 1. The van der Waals surface area contributed by atoms with Crippen molar-refractivity contribution >= 4 is 28.5 Å². The standard InChI is InChI=1S/C11H12N4O2/c1-5-13-8-4-3-7(15-6(2)16)9(11(12)17)10(8)14-5/h3-4H,1-2H3,(H2,12,17)(H,13,14)(H,15,16). The lowest BCUT2D eigenvalue weighted by Gasteiger charge is -2.07. The minimum atomic E-state index is -0.620. The van der Waals surface area contributed by atoms with Gasteiger partial charge in [0.15, 0.2) is 0 Å². The highest BCUT2D eigenvalue weighted by molar-refractivity contribution is 6.11. The third kappa shape index (κ3) is 1.96.